The van der Waals surface area contributed by atoms with Gasteiger partial charge in [0.2, 0.25) is 0 Å². The highest BCUT2D eigenvalue weighted by molar-refractivity contribution is 6.13. The van der Waals surface area contributed by atoms with Crippen molar-refractivity contribution in [1.82, 2.24) is 4.57 Å². The number of para-hydroxylation sites is 2. The Hall–Kier alpha value is -8.72. The number of hydrogen-bond acceptors (Lipinski definition) is 1. The molecule has 1 aromatic heterocycles. The molecule has 0 radical (unpaired) electrons. The third kappa shape index (κ3) is 4.71. The van der Waals surface area contributed by atoms with Crippen molar-refractivity contribution in [2.75, 3.05) is 4.90 Å². The third-order valence-corrected chi connectivity index (χ3v) is 15.6. The lowest BCUT2D eigenvalue weighted by Gasteiger charge is -2.40. The van der Waals surface area contributed by atoms with Gasteiger partial charge >= 0.3 is 0 Å². The highest BCUT2D eigenvalue weighted by Crippen LogP contribution is 2.62. The molecular formula is C66H42N2. The molecule has 316 valence electrons. The summed E-state index contributed by atoms with van der Waals surface area (Å²) in [6, 6.07) is 95.7. The topological polar surface area (TPSA) is 8.17 Å². The Morgan fingerprint density at radius 3 is 1.49 bits per heavy atom. The van der Waals surface area contributed by atoms with Crippen molar-refractivity contribution in [3.05, 3.63) is 299 Å². The van der Waals surface area contributed by atoms with E-state index in [-0.39, 0.29) is 0 Å². The van der Waals surface area contributed by atoms with Crippen LogP contribution in [0.25, 0.3) is 60.5 Å². The summed E-state index contributed by atoms with van der Waals surface area (Å²) in [4.78, 5) is 2.54. The highest BCUT2D eigenvalue weighted by atomic mass is 15.1. The molecule has 0 amide bonds. The molecule has 0 atom stereocenters. The van der Waals surface area contributed by atoms with Gasteiger partial charge in [-0.2, -0.15) is 0 Å². The lowest BCUT2D eigenvalue weighted by molar-refractivity contribution is 0.748. The number of benzene rings is 11. The first kappa shape index (κ1) is 37.5. The van der Waals surface area contributed by atoms with Gasteiger partial charge in [0.1, 0.15) is 0 Å². The SMILES string of the molecule is c1ccc(C2(c3ccccc3)c3ccccc3-c3ccc(N(c4ccc5c(c4)C4(c6ccccc6-c6ccccc64)c4cccc6c7ccccc7n-5c46)c4cccc5ccccc45)cc32)cc1. The van der Waals surface area contributed by atoms with E-state index in [0.717, 1.165) is 17.1 Å². The van der Waals surface area contributed by atoms with Crippen LogP contribution in [0, 0.1) is 0 Å². The average Bonchev–Trinajstić information content (AvgIpc) is 4.02. The summed E-state index contributed by atoms with van der Waals surface area (Å²) in [5.41, 5.74) is 21.4. The van der Waals surface area contributed by atoms with Crippen LogP contribution >= 0.6 is 0 Å². The van der Waals surface area contributed by atoms with Gasteiger partial charge in [-0.25, -0.2) is 0 Å². The van der Waals surface area contributed by atoms with E-state index in [0.29, 0.717) is 0 Å². The fourth-order valence-electron chi connectivity index (χ4n) is 13.1. The zero-order valence-electron chi connectivity index (χ0n) is 37.1. The fraction of sp³-hybridized carbons (Fsp3) is 0.0303. The first-order chi connectivity index (χ1) is 33.8. The van der Waals surface area contributed by atoms with Gasteiger partial charge < -0.3 is 9.47 Å². The van der Waals surface area contributed by atoms with Crippen LogP contribution in [0.2, 0.25) is 0 Å². The monoisotopic (exact) mass is 862 g/mol. The maximum Gasteiger partial charge on any atom is 0.0755 e. The summed E-state index contributed by atoms with van der Waals surface area (Å²) < 4.78 is 2.55. The Bertz CT molecular complexity index is 3960. The van der Waals surface area contributed by atoms with Crippen molar-refractivity contribution in [2.24, 2.45) is 0 Å². The molecule has 0 bridgehead atoms. The van der Waals surface area contributed by atoms with Crippen LogP contribution in [0.1, 0.15) is 44.5 Å². The second kappa shape index (κ2) is 13.9. The molecule has 12 aromatic rings. The zero-order chi connectivity index (χ0) is 44.6. The summed E-state index contributed by atoms with van der Waals surface area (Å²) >= 11 is 0. The van der Waals surface area contributed by atoms with E-state index in [1.807, 2.05) is 0 Å². The minimum Gasteiger partial charge on any atom is -0.310 e. The minimum absolute atomic E-state index is 0.545. The molecule has 1 aliphatic heterocycles. The van der Waals surface area contributed by atoms with Crippen LogP contribution in [-0.4, -0.2) is 4.57 Å². The van der Waals surface area contributed by atoms with Gasteiger partial charge in [-0.15, -0.1) is 0 Å². The number of nitrogens with zero attached hydrogens (tertiary/aromatic N) is 2. The Labute approximate surface area is 395 Å². The van der Waals surface area contributed by atoms with Crippen LogP contribution in [-0.2, 0) is 10.8 Å². The third-order valence-electron chi connectivity index (χ3n) is 15.6. The number of rotatable bonds is 5. The van der Waals surface area contributed by atoms with E-state index < -0.39 is 10.8 Å². The summed E-state index contributed by atoms with van der Waals surface area (Å²) in [6.45, 7) is 0. The van der Waals surface area contributed by atoms with Gasteiger partial charge in [-0.3, -0.25) is 0 Å². The number of hydrogen-bond donors (Lipinski definition) is 0. The summed E-state index contributed by atoms with van der Waals surface area (Å²) in [5.74, 6) is 0. The van der Waals surface area contributed by atoms with E-state index in [1.54, 1.807) is 0 Å². The predicted octanol–water partition coefficient (Wildman–Crippen LogP) is 16.4. The van der Waals surface area contributed by atoms with Gasteiger partial charge in [0, 0.05) is 27.5 Å². The molecule has 11 aromatic carbocycles. The maximum absolute atomic E-state index is 2.55. The number of anilines is 3. The quantitative estimate of drug-likeness (QED) is 0.167. The number of aromatic nitrogens is 1. The molecule has 1 spiro atoms. The molecule has 2 heteroatoms. The van der Waals surface area contributed by atoms with Crippen LogP contribution in [0.15, 0.2) is 255 Å². The Morgan fingerprint density at radius 2 is 0.794 bits per heavy atom. The summed E-state index contributed by atoms with van der Waals surface area (Å²) in [5, 5.41) is 4.96. The standard InChI is InChI=1S/C66H42N2/c1-3-21-44(22-4-1)65(45-23-5-2-6-24-45)55-31-13-9-28-51(55)52-39-37-46(41-59(52)65)67(61-36-17-20-43-19-7-8-25-48(43)61)47-38-40-63-60(42-47)66(56-32-14-10-26-49(56)50-27-11-15-33-57(50)66)58-34-18-30-54-53-29-12-16-35-62(53)68(63)64(54)58/h1-42H. The van der Waals surface area contributed by atoms with Gasteiger partial charge in [0.15, 0.2) is 0 Å². The van der Waals surface area contributed by atoms with E-state index in [4.69, 9.17) is 0 Å². The molecule has 0 saturated heterocycles. The Morgan fingerprint density at radius 1 is 0.309 bits per heavy atom. The molecule has 3 aliphatic rings. The van der Waals surface area contributed by atoms with Crippen molar-refractivity contribution in [1.29, 1.82) is 0 Å². The number of fused-ring (bicyclic) bond motifs is 16. The highest BCUT2D eigenvalue weighted by Gasteiger charge is 2.51. The first-order valence-electron chi connectivity index (χ1n) is 23.8. The minimum atomic E-state index is -0.581. The zero-order valence-corrected chi connectivity index (χ0v) is 37.1. The van der Waals surface area contributed by atoms with E-state index in [1.165, 1.54) is 105 Å². The van der Waals surface area contributed by atoms with Gasteiger partial charge in [-0.1, -0.05) is 212 Å². The molecule has 2 aliphatic carbocycles. The molecular weight excluding hydrogens is 821 g/mol. The lowest BCUT2D eigenvalue weighted by atomic mass is 9.65. The van der Waals surface area contributed by atoms with E-state index in [9.17, 15) is 0 Å². The van der Waals surface area contributed by atoms with Crippen molar-refractivity contribution in [2.45, 2.75) is 10.8 Å². The Balaban J connectivity index is 1.06. The van der Waals surface area contributed by atoms with Crippen molar-refractivity contribution in [3.8, 4) is 27.9 Å². The fourth-order valence-corrected chi connectivity index (χ4v) is 13.1. The lowest BCUT2D eigenvalue weighted by Crippen LogP contribution is -2.33. The molecule has 0 unspecified atom stereocenters. The maximum atomic E-state index is 2.55. The second-order valence-electron chi connectivity index (χ2n) is 18.7. The largest absolute Gasteiger partial charge is 0.310 e. The first-order valence-corrected chi connectivity index (χ1v) is 23.8. The van der Waals surface area contributed by atoms with Crippen LogP contribution in [0.4, 0.5) is 17.1 Å². The second-order valence-corrected chi connectivity index (χ2v) is 18.7. The van der Waals surface area contributed by atoms with Gasteiger partial charge in [0.05, 0.1) is 33.2 Å². The summed E-state index contributed by atoms with van der Waals surface area (Å²) in [7, 11) is 0. The van der Waals surface area contributed by atoms with Crippen LogP contribution < -0.4 is 4.90 Å². The molecule has 68 heavy (non-hydrogen) atoms. The van der Waals surface area contributed by atoms with Crippen LogP contribution in [0.3, 0.4) is 0 Å². The van der Waals surface area contributed by atoms with Gasteiger partial charge in [-0.05, 0) is 115 Å². The van der Waals surface area contributed by atoms with E-state index >= 15 is 0 Å². The molecule has 2 nitrogen and oxygen atoms in total. The normalized spacial score (nSPS) is 14.1. The van der Waals surface area contributed by atoms with Crippen LogP contribution in [0.5, 0.6) is 0 Å². The van der Waals surface area contributed by atoms with Gasteiger partial charge in [0.25, 0.3) is 0 Å². The molecule has 15 rings (SSSR count). The molecule has 0 fully saturated rings. The molecule has 2 heterocycles. The van der Waals surface area contributed by atoms with Crippen molar-refractivity contribution >= 4 is 49.6 Å². The average molecular weight is 863 g/mol. The van der Waals surface area contributed by atoms with Crippen molar-refractivity contribution in [3.63, 3.8) is 0 Å². The summed E-state index contributed by atoms with van der Waals surface area (Å²) in [6.07, 6.45) is 0. The molecule has 0 N–H and O–H groups in total. The predicted molar refractivity (Wildman–Crippen MR) is 281 cm³/mol. The van der Waals surface area contributed by atoms with Crippen molar-refractivity contribution < 1.29 is 0 Å². The smallest absolute Gasteiger partial charge is 0.0755 e. The van der Waals surface area contributed by atoms with E-state index in [2.05, 4.69) is 264 Å². The molecule has 0 saturated carbocycles. The Kier molecular flexibility index (Phi) is 7.67.